The molecule has 0 atom stereocenters. The van der Waals surface area contributed by atoms with Crippen molar-refractivity contribution in [2.24, 2.45) is 0 Å². The van der Waals surface area contributed by atoms with Crippen LogP contribution in [0.3, 0.4) is 0 Å². The second kappa shape index (κ2) is 7.10. The Morgan fingerprint density at radius 1 is 1.03 bits per heavy atom. The summed E-state index contributed by atoms with van der Waals surface area (Å²) in [6.07, 6.45) is 4.77. The minimum absolute atomic E-state index is 0.130. The predicted octanol–water partition coefficient (Wildman–Crippen LogP) is 4.35. The maximum atomic E-state index is 14.1. The Bertz CT molecular complexity index is 1080. The Balaban J connectivity index is 1.41. The molecule has 6 heteroatoms. The van der Waals surface area contributed by atoms with Gasteiger partial charge < -0.3 is 20.4 Å². The minimum Gasteiger partial charge on any atom is -0.504 e. The number of hydrogen-bond acceptors (Lipinski definition) is 5. The molecule has 1 fully saturated rings. The number of fused-ring (bicyclic) bond motifs is 2. The van der Waals surface area contributed by atoms with Gasteiger partial charge in [-0.3, -0.25) is 4.98 Å². The molecular formula is C23H24FN3O2. The van der Waals surface area contributed by atoms with Gasteiger partial charge in [-0.2, -0.15) is 0 Å². The summed E-state index contributed by atoms with van der Waals surface area (Å²) in [5, 5.41) is 24.5. The van der Waals surface area contributed by atoms with Gasteiger partial charge in [0.2, 0.25) is 0 Å². The molecule has 1 aliphatic carbocycles. The van der Waals surface area contributed by atoms with Crippen molar-refractivity contribution >= 4 is 22.3 Å². The molecule has 5 rings (SSSR count). The highest BCUT2D eigenvalue weighted by Crippen LogP contribution is 2.39. The quantitative estimate of drug-likeness (QED) is 0.577. The Hall–Kier alpha value is -3.02. The maximum Gasteiger partial charge on any atom is 0.159 e. The molecule has 0 saturated carbocycles. The zero-order chi connectivity index (χ0) is 20.0. The monoisotopic (exact) mass is 393 g/mol. The number of nitrogens with zero attached hydrogens (tertiary/aromatic N) is 2. The van der Waals surface area contributed by atoms with Gasteiger partial charge in [-0.05, 0) is 55.9 Å². The largest absolute Gasteiger partial charge is 0.504 e. The number of pyridine rings is 1. The van der Waals surface area contributed by atoms with Crippen molar-refractivity contribution in [3.05, 3.63) is 53.5 Å². The van der Waals surface area contributed by atoms with E-state index in [-0.39, 0.29) is 23.4 Å². The van der Waals surface area contributed by atoms with Crippen LogP contribution in [-0.4, -0.2) is 34.3 Å². The van der Waals surface area contributed by atoms with Crippen LogP contribution in [0.5, 0.6) is 11.5 Å². The SMILES string of the molecule is Oc1cc2nc3c(c(NC4CCN(c5ccccc5F)CC4)c2cc1O)CCC3. The summed E-state index contributed by atoms with van der Waals surface area (Å²) in [4.78, 5) is 6.82. The third-order valence-corrected chi connectivity index (χ3v) is 6.14. The Morgan fingerprint density at radius 2 is 1.79 bits per heavy atom. The van der Waals surface area contributed by atoms with Crippen molar-refractivity contribution in [2.45, 2.75) is 38.1 Å². The molecule has 0 radical (unpaired) electrons. The average Bonchev–Trinajstić information content (AvgIpc) is 3.19. The van der Waals surface area contributed by atoms with E-state index in [9.17, 15) is 14.6 Å². The van der Waals surface area contributed by atoms with Gasteiger partial charge in [0.25, 0.3) is 0 Å². The molecule has 2 aliphatic rings. The number of aromatic nitrogens is 1. The molecule has 3 N–H and O–H groups in total. The number of aromatic hydroxyl groups is 2. The first kappa shape index (κ1) is 18.0. The summed E-state index contributed by atoms with van der Waals surface area (Å²) in [5.74, 6) is -0.450. The molecular weight excluding hydrogens is 369 g/mol. The van der Waals surface area contributed by atoms with Gasteiger partial charge in [-0.1, -0.05) is 12.1 Å². The number of benzene rings is 2. The van der Waals surface area contributed by atoms with E-state index in [2.05, 4.69) is 10.2 Å². The zero-order valence-electron chi connectivity index (χ0n) is 16.2. The highest BCUT2D eigenvalue weighted by molar-refractivity contribution is 5.96. The van der Waals surface area contributed by atoms with Crippen LogP contribution in [0.15, 0.2) is 36.4 Å². The van der Waals surface area contributed by atoms with Crippen LogP contribution < -0.4 is 10.2 Å². The van der Waals surface area contributed by atoms with Crippen LogP contribution in [0.4, 0.5) is 15.8 Å². The lowest BCUT2D eigenvalue weighted by molar-refractivity contribution is 0.405. The predicted molar refractivity (Wildman–Crippen MR) is 112 cm³/mol. The number of anilines is 2. The summed E-state index contributed by atoms with van der Waals surface area (Å²) in [5.41, 5.74) is 4.70. The van der Waals surface area contributed by atoms with Crippen molar-refractivity contribution in [1.82, 2.24) is 4.98 Å². The van der Waals surface area contributed by atoms with Gasteiger partial charge in [0, 0.05) is 42.0 Å². The molecule has 0 amide bonds. The zero-order valence-corrected chi connectivity index (χ0v) is 16.2. The lowest BCUT2D eigenvalue weighted by Crippen LogP contribution is -2.39. The summed E-state index contributed by atoms with van der Waals surface area (Å²) in [7, 11) is 0. The second-order valence-corrected chi connectivity index (χ2v) is 7.98. The van der Waals surface area contributed by atoms with E-state index in [1.807, 2.05) is 12.1 Å². The van der Waals surface area contributed by atoms with Gasteiger partial charge in [0.1, 0.15) is 5.82 Å². The van der Waals surface area contributed by atoms with E-state index < -0.39 is 0 Å². The molecule has 1 aliphatic heterocycles. The van der Waals surface area contributed by atoms with E-state index in [1.54, 1.807) is 12.1 Å². The summed E-state index contributed by atoms with van der Waals surface area (Å²) < 4.78 is 14.1. The number of para-hydroxylation sites is 1. The highest BCUT2D eigenvalue weighted by Gasteiger charge is 2.25. The molecule has 0 spiro atoms. The van der Waals surface area contributed by atoms with E-state index in [0.29, 0.717) is 11.2 Å². The summed E-state index contributed by atoms with van der Waals surface area (Å²) >= 11 is 0. The minimum atomic E-state index is -0.174. The number of halogens is 1. The van der Waals surface area contributed by atoms with Crippen LogP contribution >= 0.6 is 0 Å². The van der Waals surface area contributed by atoms with Crippen LogP contribution in [0.2, 0.25) is 0 Å². The fraction of sp³-hybridized carbons (Fsp3) is 0.348. The number of hydrogen-bond donors (Lipinski definition) is 3. The van der Waals surface area contributed by atoms with E-state index in [4.69, 9.17) is 4.98 Å². The molecule has 0 bridgehead atoms. The van der Waals surface area contributed by atoms with Crippen LogP contribution in [0.25, 0.3) is 10.9 Å². The smallest absolute Gasteiger partial charge is 0.159 e. The lowest BCUT2D eigenvalue weighted by Gasteiger charge is -2.35. The van der Waals surface area contributed by atoms with Gasteiger partial charge in [-0.15, -0.1) is 0 Å². The Kier molecular flexibility index (Phi) is 4.42. The van der Waals surface area contributed by atoms with E-state index >= 15 is 0 Å². The number of phenols is 2. The van der Waals surface area contributed by atoms with Gasteiger partial charge in [0.15, 0.2) is 11.5 Å². The van der Waals surface area contributed by atoms with Crippen molar-refractivity contribution in [1.29, 1.82) is 0 Å². The summed E-state index contributed by atoms with van der Waals surface area (Å²) in [6.45, 7) is 1.58. The van der Waals surface area contributed by atoms with Gasteiger partial charge >= 0.3 is 0 Å². The molecule has 1 aromatic heterocycles. The lowest BCUT2D eigenvalue weighted by atomic mass is 10.0. The average molecular weight is 393 g/mol. The highest BCUT2D eigenvalue weighted by atomic mass is 19.1. The van der Waals surface area contributed by atoms with E-state index in [0.717, 1.165) is 62.0 Å². The molecule has 5 nitrogen and oxygen atoms in total. The first-order valence-electron chi connectivity index (χ1n) is 10.2. The first-order chi connectivity index (χ1) is 14.1. The van der Waals surface area contributed by atoms with Crippen molar-refractivity contribution in [2.75, 3.05) is 23.3 Å². The number of piperidine rings is 1. The standard InChI is InChI=1S/C23H24FN3O2/c24-17-5-1-2-7-20(17)27-10-8-14(9-11-27)25-23-15-4-3-6-18(15)26-19-13-22(29)21(28)12-16(19)23/h1-2,5,7,12-14,28-29H,3-4,6,8-11H2,(H,25,26). The van der Waals surface area contributed by atoms with Crippen LogP contribution in [0.1, 0.15) is 30.5 Å². The Morgan fingerprint density at radius 3 is 2.59 bits per heavy atom. The number of nitrogens with one attached hydrogen (secondary N) is 1. The number of phenolic OH excluding ortho intramolecular Hbond substituents is 2. The Labute approximate surface area is 168 Å². The van der Waals surface area contributed by atoms with Crippen molar-refractivity contribution in [3.8, 4) is 11.5 Å². The third-order valence-electron chi connectivity index (χ3n) is 6.14. The molecule has 2 aromatic carbocycles. The number of aryl methyl sites for hydroxylation is 1. The second-order valence-electron chi connectivity index (χ2n) is 7.98. The van der Waals surface area contributed by atoms with Gasteiger partial charge in [0.05, 0.1) is 11.2 Å². The normalized spacial score (nSPS) is 16.9. The van der Waals surface area contributed by atoms with Crippen LogP contribution in [0, 0.1) is 5.82 Å². The molecule has 1 saturated heterocycles. The molecule has 2 heterocycles. The maximum absolute atomic E-state index is 14.1. The molecule has 29 heavy (non-hydrogen) atoms. The van der Waals surface area contributed by atoms with E-state index in [1.165, 1.54) is 17.7 Å². The fourth-order valence-electron chi connectivity index (χ4n) is 4.63. The fourth-order valence-corrected chi connectivity index (χ4v) is 4.63. The molecule has 3 aromatic rings. The topological polar surface area (TPSA) is 68.6 Å². The number of rotatable bonds is 3. The van der Waals surface area contributed by atoms with Crippen molar-refractivity contribution in [3.63, 3.8) is 0 Å². The van der Waals surface area contributed by atoms with Gasteiger partial charge in [-0.25, -0.2) is 4.39 Å². The molecule has 150 valence electrons. The summed E-state index contributed by atoms with van der Waals surface area (Å²) in [6, 6.07) is 10.3. The van der Waals surface area contributed by atoms with Crippen LogP contribution in [-0.2, 0) is 12.8 Å². The molecule has 0 unspecified atom stereocenters. The third kappa shape index (κ3) is 3.22. The first-order valence-corrected chi connectivity index (χ1v) is 10.2. The van der Waals surface area contributed by atoms with Crippen molar-refractivity contribution < 1.29 is 14.6 Å².